The zero-order chi connectivity index (χ0) is 14.8. The van der Waals surface area contributed by atoms with E-state index in [1.807, 2.05) is 24.3 Å². The standard InChI is InChI=1S/C18H19ClO2/c1-12-4-2-3-5-17(12)15(11-20)8-14-10-16(19)9-13-6-7-21-18(13)14/h2-5,9-10,15,20H,6-8,11H2,1H3. The third-order valence-corrected chi connectivity index (χ3v) is 4.36. The summed E-state index contributed by atoms with van der Waals surface area (Å²) in [6.07, 6.45) is 1.65. The van der Waals surface area contributed by atoms with E-state index < -0.39 is 0 Å². The molecule has 1 N–H and O–H groups in total. The zero-order valence-corrected chi connectivity index (χ0v) is 12.9. The molecule has 1 heterocycles. The minimum atomic E-state index is 0.0676. The summed E-state index contributed by atoms with van der Waals surface area (Å²) in [5.74, 6) is 1.03. The zero-order valence-electron chi connectivity index (χ0n) is 12.1. The molecule has 2 nitrogen and oxygen atoms in total. The van der Waals surface area contributed by atoms with Crippen molar-refractivity contribution in [3.63, 3.8) is 0 Å². The van der Waals surface area contributed by atoms with Crippen molar-refractivity contribution in [3.8, 4) is 5.75 Å². The Morgan fingerprint density at radius 1 is 1.29 bits per heavy atom. The van der Waals surface area contributed by atoms with E-state index >= 15 is 0 Å². The molecule has 3 rings (SSSR count). The molecule has 1 aliphatic rings. The van der Waals surface area contributed by atoms with Crippen molar-refractivity contribution < 1.29 is 9.84 Å². The number of rotatable bonds is 4. The Hall–Kier alpha value is -1.51. The number of ether oxygens (including phenoxy) is 1. The molecule has 0 saturated carbocycles. The highest BCUT2D eigenvalue weighted by Gasteiger charge is 2.21. The summed E-state index contributed by atoms with van der Waals surface area (Å²) in [6, 6.07) is 12.2. The molecule has 1 unspecified atom stereocenters. The smallest absolute Gasteiger partial charge is 0.125 e. The van der Waals surface area contributed by atoms with Crippen LogP contribution in [0, 0.1) is 6.92 Å². The maximum atomic E-state index is 9.81. The van der Waals surface area contributed by atoms with Crippen LogP contribution in [0.25, 0.3) is 0 Å². The van der Waals surface area contributed by atoms with Gasteiger partial charge in [0.25, 0.3) is 0 Å². The molecule has 0 aliphatic carbocycles. The maximum absolute atomic E-state index is 9.81. The number of aliphatic hydroxyl groups excluding tert-OH is 1. The first-order chi connectivity index (χ1) is 10.2. The fourth-order valence-electron chi connectivity index (χ4n) is 3.08. The van der Waals surface area contributed by atoms with Gasteiger partial charge in [0, 0.05) is 17.4 Å². The predicted molar refractivity (Wildman–Crippen MR) is 85.4 cm³/mol. The van der Waals surface area contributed by atoms with Crippen LogP contribution in [0.1, 0.15) is 28.2 Å². The number of hydrogen-bond donors (Lipinski definition) is 1. The molecule has 1 aliphatic heterocycles. The molecule has 0 amide bonds. The molecule has 0 saturated heterocycles. The molecule has 2 aromatic rings. The van der Waals surface area contributed by atoms with Crippen LogP contribution in [0.2, 0.25) is 5.02 Å². The summed E-state index contributed by atoms with van der Waals surface area (Å²) in [6.45, 7) is 2.92. The Morgan fingerprint density at radius 3 is 2.86 bits per heavy atom. The second kappa shape index (κ2) is 6.08. The SMILES string of the molecule is Cc1ccccc1C(CO)Cc1cc(Cl)cc2c1OCC2. The second-order valence-corrected chi connectivity index (χ2v) is 6.03. The predicted octanol–water partition coefficient (Wildman–Crippen LogP) is 3.90. The number of halogens is 1. The van der Waals surface area contributed by atoms with Crippen molar-refractivity contribution in [1.82, 2.24) is 0 Å². The van der Waals surface area contributed by atoms with Gasteiger partial charge in [0.1, 0.15) is 5.75 Å². The van der Waals surface area contributed by atoms with E-state index in [4.69, 9.17) is 16.3 Å². The van der Waals surface area contributed by atoms with Crippen LogP contribution in [0.3, 0.4) is 0 Å². The van der Waals surface area contributed by atoms with Crippen LogP contribution < -0.4 is 4.74 Å². The lowest BCUT2D eigenvalue weighted by atomic mass is 9.89. The summed E-state index contributed by atoms with van der Waals surface area (Å²) in [4.78, 5) is 0. The van der Waals surface area contributed by atoms with Crippen molar-refractivity contribution in [2.24, 2.45) is 0 Å². The second-order valence-electron chi connectivity index (χ2n) is 5.59. The molecular formula is C18H19ClO2. The molecule has 0 aromatic heterocycles. The lowest BCUT2D eigenvalue weighted by Crippen LogP contribution is -2.10. The first-order valence-electron chi connectivity index (χ1n) is 7.29. The third-order valence-electron chi connectivity index (χ3n) is 4.14. The Bertz CT molecular complexity index is 652. The maximum Gasteiger partial charge on any atom is 0.125 e. The minimum absolute atomic E-state index is 0.0676. The molecule has 3 heteroatoms. The van der Waals surface area contributed by atoms with Gasteiger partial charge in [0.05, 0.1) is 13.2 Å². The quantitative estimate of drug-likeness (QED) is 0.928. The number of fused-ring (bicyclic) bond motifs is 1. The number of benzene rings is 2. The van der Waals surface area contributed by atoms with Gasteiger partial charge in [-0.05, 0) is 47.7 Å². The van der Waals surface area contributed by atoms with Gasteiger partial charge in [-0.2, -0.15) is 0 Å². The summed E-state index contributed by atoms with van der Waals surface area (Å²) in [5, 5.41) is 10.6. The fraction of sp³-hybridized carbons (Fsp3) is 0.333. The van der Waals surface area contributed by atoms with Gasteiger partial charge < -0.3 is 9.84 Å². The molecular weight excluding hydrogens is 284 g/mol. The highest BCUT2D eigenvalue weighted by atomic mass is 35.5. The van der Waals surface area contributed by atoms with Gasteiger partial charge >= 0.3 is 0 Å². The van der Waals surface area contributed by atoms with Crippen molar-refractivity contribution in [2.75, 3.05) is 13.2 Å². The van der Waals surface area contributed by atoms with Crippen LogP contribution in [0.4, 0.5) is 0 Å². The number of hydrogen-bond acceptors (Lipinski definition) is 2. The van der Waals surface area contributed by atoms with Crippen LogP contribution in [0.15, 0.2) is 36.4 Å². The van der Waals surface area contributed by atoms with E-state index in [1.165, 1.54) is 16.7 Å². The first-order valence-corrected chi connectivity index (χ1v) is 7.67. The summed E-state index contributed by atoms with van der Waals surface area (Å²) < 4.78 is 5.76. The lowest BCUT2D eigenvalue weighted by molar-refractivity contribution is 0.263. The Kier molecular flexibility index (Phi) is 4.18. The van der Waals surface area contributed by atoms with Gasteiger partial charge in [-0.3, -0.25) is 0 Å². The van der Waals surface area contributed by atoms with Gasteiger partial charge in [0.2, 0.25) is 0 Å². The van der Waals surface area contributed by atoms with E-state index in [0.29, 0.717) is 0 Å². The van der Waals surface area contributed by atoms with Crippen LogP contribution in [-0.4, -0.2) is 18.3 Å². The molecule has 0 bridgehead atoms. The average Bonchev–Trinajstić information content (AvgIpc) is 2.93. The third kappa shape index (κ3) is 2.92. The Morgan fingerprint density at radius 2 is 2.10 bits per heavy atom. The summed E-state index contributed by atoms with van der Waals surface area (Å²) in [7, 11) is 0. The van der Waals surface area contributed by atoms with Gasteiger partial charge in [-0.15, -0.1) is 0 Å². The fourth-order valence-corrected chi connectivity index (χ4v) is 3.34. The number of aliphatic hydroxyl groups is 1. The van der Waals surface area contributed by atoms with Crippen molar-refractivity contribution in [2.45, 2.75) is 25.7 Å². The molecule has 2 aromatic carbocycles. The van der Waals surface area contributed by atoms with E-state index in [0.717, 1.165) is 35.8 Å². The van der Waals surface area contributed by atoms with Crippen molar-refractivity contribution >= 4 is 11.6 Å². The van der Waals surface area contributed by atoms with Crippen LogP contribution >= 0.6 is 11.6 Å². The lowest BCUT2D eigenvalue weighted by Gasteiger charge is -2.19. The largest absolute Gasteiger partial charge is 0.493 e. The van der Waals surface area contributed by atoms with Crippen molar-refractivity contribution in [3.05, 3.63) is 63.7 Å². The molecule has 0 spiro atoms. The van der Waals surface area contributed by atoms with Crippen LogP contribution in [-0.2, 0) is 12.8 Å². The number of aryl methyl sites for hydroxylation is 1. The summed E-state index contributed by atoms with van der Waals surface area (Å²) in [5.41, 5.74) is 4.67. The highest BCUT2D eigenvalue weighted by molar-refractivity contribution is 6.30. The Balaban J connectivity index is 1.94. The van der Waals surface area contributed by atoms with E-state index in [2.05, 4.69) is 19.1 Å². The highest BCUT2D eigenvalue weighted by Crippen LogP contribution is 2.36. The van der Waals surface area contributed by atoms with E-state index in [9.17, 15) is 5.11 Å². The van der Waals surface area contributed by atoms with Crippen LogP contribution in [0.5, 0.6) is 5.75 Å². The minimum Gasteiger partial charge on any atom is -0.493 e. The van der Waals surface area contributed by atoms with E-state index in [-0.39, 0.29) is 12.5 Å². The molecule has 110 valence electrons. The molecule has 21 heavy (non-hydrogen) atoms. The van der Waals surface area contributed by atoms with Crippen molar-refractivity contribution in [1.29, 1.82) is 0 Å². The van der Waals surface area contributed by atoms with Gasteiger partial charge in [-0.25, -0.2) is 0 Å². The van der Waals surface area contributed by atoms with Gasteiger partial charge in [0.15, 0.2) is 0 Å². The molecule has 1 atom stereocenters. The summed E-state index contributed by atoms with van der Waals surface area (Å²) >= 11 is 6.21. The molecule has 0 fully saturated rings. The Labute approximate surface area is 130 Å². The monoisotopic (exact) mass is 302 g/mol. The average molecular weight is 303 g/mol. The van der Waals surface area contributed by atoms with E-state index in [1.54, 1.807) is 0 Å². The van der Waals surface area contributed by atoms with Gasteiger partial charge in [-0.1, -0.05) is 35.9 Å². The molecule has 0 radical (unpaired) electrons. The topological polar surface area (TPSA) is 29.5 Å². The normalized spacial score (nSPS) is 14.6. The first kappa shape index (κ1) is 14.4.